The molecule has 2 rings (SSSR count). The van der Waals surface area contributed by atoms with Crippen LogP contribution in [-0.2, 0) is 10.2 Å². The molecule has 0 aliphatic carbocycles. The summed E-state index contributed by atoms with van der Waals surface area (Å²) >= 11 is 1.43. The Morgan fingerprint density at radius 1 is 1.39 bits per heavy atom. The average molecular weight is 332 g/mol. The number of unbranched alkanes of at least 4 members (excludes halogenated alkanes) is 2. The van der Waals surface area contributed by atoms with Crippen molar-refractivity contribution in [3.63, 3.8) is 0 Å². The molecular weight excluding hydrogens is 308 g/mol. The highest BCUT2D eigenvalue weighted by molar-refractivity contribution is 7.13. The molecule has 5 heteroatoms. The Hall–Kier alpha value is -1.88. The predicted octanol–water partition coefficient (Wildman–Crippen LogP) is 4.63. The van der Waals surface area contributed by atoms with Gasteiger partial charge in [0, 0.05) is 11.6 Å². The van der Waals surface area contributed by atoms with Crippen LogP contribution >= 0.6 is 11.3 Å². The van der Waals surface area contributed by atoms with Crippen LogP contribution in [0.1, 0.15) is 45.1 Å². The number of carbonyl (C=O) groups is 1. The molecule has 1 atom stereocenters. The molecule has 23 heavy (non-hydrogen) atoms. The van der Waals surface area contributed by atoms with Gasteiger partial charge >= 0.3 is 0 Å². The van der Waals surface area contributed by atoms with Gasteiger partial charge in [-0.05, 0) is 31.0 Å². The van der Waals surface area contributed by atoms with Crippen molar-refractivity contribution in [1.82, 2.24) is 4.98 Å². The second kappa shape index (κ2) is 8.11. The minimum atomic E-state index is -0.602. The van der Waals surface area contributed by atoms with Crippen LogP contribution < -0.4 is 10.1 Å². The number of thiazole rings is 1. The molecule has 0 fully saturated rings. The summed E-state index contributed by atoms with van der Waals surface area (Å²) in [6.07, 6.45) is 5.74. The fourth-order valence-corrected chi connectivity index (χ4v) is 3.13. The van der Waals surface area contributed by atoms with E-state index in [0.717, 1.165) is 37.0 Å². The molecule has 1 amide bonds. The van der Waals surface area contributed by atoms with E-state index in [1.54, 1.807) is 13.3 Å². The van der Waals surface area contributed by atoms with Crippen molar-refractivity contribution in [1.29, 1.82) is 0 Å². The van der Waals surface area contributed by atoms with Crippen LogP contribution in [0.15, 0.2) is 35.8 Å². The minimum absolute atomic E-state index is 0.0168. The lowest BCUT2D eigenvalue weighted by Crippen LogP contribution is -2.37. The number of rotatable bonds is 8. The summed E-state index contributed by atoms with van der Waals surface area (Å²) in [5, 5.41) is 5.45. The van der Waals surface area contributed by atoms with E-state index in [9.17, 15) is 4.79 Å². The number of benzene rings is 1. The van der Waals surface area contributed by atoms with E-state index in [1.165, 1.54) is 11.3 Å². The van der Waals surface area contributed by atoms with Gasteiger partial charge < -0.3 is 10.1 Å². The molecule has 0 spiro atoms. The summed E-state index contributed by atoms with van der Waals surface area (Å²) in [5.74, 6) is 0.753. The Kier molecular flexibility index (Phi) is 6.16. The van der Waals surface area contributed by atoms with Crippen molar-refractivity contribution >= 4 is 22.4 Å². The summed E-state index contributed by atoms with van der Waals surface area (Å²) in [6, 6.07) is 7.78. The van der Waals surface area contributed by atoms with Crippen LogP contribution in [0.2, 0.25) is 0 Å². The maximum absolute atomic E-state index is 12.9. The molecule has 4 nitrogen and oxygen atoms in total. The van der Waals surface area contributed by atoms with E-state index < -0.39 is 5.41 Å². The number of hydrogen-bond acceptors (Lipinski definition) is 4. The molecule has 1 N–H and O–H groups in total. The first-order chi connectivity index (χ1) is 11.1. The van der Waals surface area contributed by atoms with E-state index in [2.05, 4.69) is 17.2 Å². The van der Waals surface area contributed by atoms with Gasteiger partial charge in [-0.3, -0.25) is 4.79 Å². The summed E-state index contributed by atoms with van der Waals surface area (Å²) in [7, 11) is 1.64. The maximum Gasteiger partial charge on any atom is 0.236 e. The number of nitrogens with one attached hydrogen (secondary N) is 1. The zero-order chi connectivity index (χ0) is 16.7. The van der Waals surface area contributed by atoms with Crippen LogP contribution in [0, 0.1) is 0 Å². The van der Waals surface area contributed by atoms with Gasteiger partial charge in [-0.1, -0.05) is 38.3 Å². The van der Waals surface area contributed by atoms with Crippen LogP contribution in [-0.4, -0.2) is 18.0 Å². The molecule has 1 aromatic heterocycles. The van der Waals surface area contributed by atoms with Gasteiger partial charge in [0.15, 0.2) is 5.13 Å². The highest BCUT2D eigenvalue weighted by Gasteiger charge is 2.35. The highest BCUT2D eigenvalue weighted by Crippen LogP contribution is 2.33. The first kappa shape index (κ1) is 17.5. The van der Waals surface area contributed by atoms with Gasteiger partial charge in [0.05, 0.1) is 12.5 Å². The zero-order valence-corrected chi connectivity index (χ0v) is 14.8. The molecule has 1 unspecified atom stereocenters. The van der Waals surface area contributed by atoms with Crippen molar-refractivity contribution < 1.29 is 9.53 Å². The maximum atomic E-state index is 12.9. The third-order valence-corrected chi connectivity index (χ3v) is 4.83. The summed E-state index contributed by atoms with van der Waals surface area (Å²) in [4.78, 5) is 17.1. The second-order valence-corrected chi connectivity index (χ2v) is 6.71. The van der Waals surface area contributed by atoms with Crippen molar-refractivity contribution in [3.8, 4) is 5.75 Å². The van der Waals surface area contributed by atoms with E-state index >= 15 is 0 Å². The number of ether oxygens (including phenoxy) is 1. The van der Waals surface area contributed by atoms with Crippen LogP contribution in [0.3, 0.4) is 0 Å². The van der Waals surface area contributed by atoms with Crippen LogP contribution in [0.25, 0.3) is 0 Å². The smallest absolute Gasteiger partial charge is 0.236 e. The quantitative estimate of drug-likeness (QED) is 0.717. The number of nitrogens with zero attached hydrogens (tertiary/aromatic N) is 1. The minimum Gasteiger partial charge on any atom is -0.497 e. The van der Waals surface area contributed by atoms with E-state index in [1.807, 2.05) is 36.6 Å². The third kappa shape index (κ3) is 4.32. The number of carbonyl (C=O) groups excluding carboxylic acids is 1. The summed E-state index contributed by atoms with van der Waals surface area (Å²) in [5.41, 5.74) is 0.372. The lowest BCUT2D eigenvalue weighted by molar-refractivity contribution is -0.121. The molecule has 2 aromatic rings. The van der Waals surface area contributed by atoms with Crippen molar-refractivity contribution in [2.45, 2.75) is 44.9 Å². The van der Waals surface area contributed by atoms with E-state index in [0.29, 0.717) is 5.13 Å². The first-order valence-corrected chi connectivity index (χ1v) is 8.83. The van der Waals surface area contributed by atoms with Crippen molar-refractivity contribution in [2.24, 2.45) is 0 Å². The number of aromatic nitrogens is 1. The van der Waals surface area contributed by atoms with Gasteiger partial charge in [-0.15, -0.1) is 11.3 Å². The number of methoxy groups -OCH3 is 1. The molecule has 124 valence electrons. The SMILES string of the molecule is CCCCCC(C)(C(=O)Nc1nccs1)c1cccc(OC)c1. The van der Waals surface area contributed by atoms with Crippen molar-refractivity contribution in [2.75, 3.05) is 12.4 Å². The number of amides is 1. The van der Waals surface area contributed by atoms with Crippen molar-refractivity contribution in [3.05, 3.63) is 41.4 Å². The van der Waals surface area contributed by atoms with E-state index in [4.69, 9.17) is 4.74 Å². The first-order valence-electron chi connectivity index (χ1n) is 7.95. The van der Waals surface area contributed by atoms with Gasteiger partial charge in [0.1, 0.15) is 5.75 Å². The predicted molar refractivity (Wildman–Crippen MR) is 95.2 cm³/mol. The summed E-state index contributed by atoms with van der Waals surface area (Å²) in [6.45, 7) is 4.17. The molecule has 0 saturated carbocycles. The van der Waals surface area contributed by atoms with Gasteiger partial charge in [-0.25, -0.2) is 4.98 Å². The summed E-state index contributed by atoms with van der Waals surface area (Å²) < 4.78 is 5.32. The molecule has 1 aromatic carbocycles. The molecule has 0 aliphatic rings. The normalized spacial score (nSPS) is 13.3. The molecule has 0 radical (unpaired) electrons. The Morgan fingerprint density at radius 3 is 2.87 bits per heavy atom. The number of anilines is 1. The topological polar surface area (TPSA) is 51.2 Å². The zero-order valence-electron chi connectivity index (χ0n) is 14.0. The molecular formula is C18H24N2O2S. The molecule has 0 bridgehead atoms. The van der Waals surface area contributed by atoms with Gasteiger partial charge in [0.25, 0.3) is 0 Å². The monoisotopic (exact) mass is 332 g/mol. The second-order valence-electron chi connectivity index (χ2n) is 5.81. The lowest BCUT2D eigenvalue weighted by Gasteiger charge is -2.29. The van der Waals surface area contributed by atoms with Gasteiger partial charge in [0.2, 0.25) is 5.91 Å². The Morgan fingerprint density at radius 2 is 2.22 bits per heavy atom. The molecule has 1 heterocycles. The number of hydrogen-bond donors (Lipinski definition) is 1. The van der Waals surface area contributed by atoms with E-state index in [-0.39, 0.29) is 5.91 Å². The van der Waals surface area contributed by atoms with Crippen LogP contribution in [0.4, 0.5) is 5.13 Å². The standard InChI is InChI=1S/C18H24N2O2S/c1-4-5-6-10-18(2,14-8-7-9-15(13-14)22-3)16(21)20-17-19-11-12-23-17/h7-9,11-13H,4-6,10H2,1-3H3,(H,19,20,21). The lowest BCUT2D eigenvalue weighted by atomic mass is 9.77. The van der Waals surface area contributed by atoms with Gasteiger partial charge in [-0.2, -0.15) is 0 Å². The highest BCUT2D eigenvalue weighted by atomic mass is 32.1. The third-order valence-electron chi connectivity index (χ3n) is 4.14. The Balaban J connectivity index is 2.28. The average Bonchev–Trinajstić information content (AvgIpc) is 3.08. The Bertz CT molecular complexity index is 628. The Labute approximate surface area is 141 Å². The fourth-order valence-electron chi connectivity index (χ4n) is 2.60. The van der Waals surface area contributed by atoms with Crippen LogP contribution in [0.5, 0.6) is 5.75 Å². The largest absolute Gasteiger partial charge is 0.497 e. The fraction of sp³-hybridized carbons (Fsp3) is 0.444. The molecule has 0 saturated heterocycles. The molecule has 0 aliphatic heterocycles.